The molecule has 0 amide bonds. The van der Waals surface area contributed by atoms with Gasteiger partial charge in [0.15, 0.2) is 0 Å². The van der Waals surface area contributed by atoms with Gasteiger partial charge in [0, 0.05) is 34.6 Å². The Morgan fingerprint density at radius 2 is 2.07 bits per heavy atom. The van der Waals surface area contributed by atoms with E-state index < -0.39 is 4.92 Å². The van der Waals surface area contributed by atoms with Gasteiger partial charge in [0.2, 0.25) is 5.95 Å². The summed E-state index contributed by atoms with van der Waals surface area (Å²) in [5.74, 6) is 0.329. The van der Waals surface area contributed by atoms with Crippen LogP contribution in [0.15, 0.2) is 67.4 Å². The molecule has 9 nitrogen and oxygen atoms in total. The van der Waals surface area contributed by atoms with E-state index in [1.165, 1.54) is 18.5 Å². The smallest absolute Gasteiger partial charge is 0.271 e. The summed E-state index contributed by atoms with van der Waals surface area (Å²) in [5, 5.41) is 18.7. The quantitative estimate of drug-likeness (QED) is 0.378. The number of anilines is 2. The van der Waals surface area contributed by atoms with Gasteiger partial charge in [-0.05, 0) is 29.8 Å². The van der Waals surface area contributed by atoms with Gasteiger partial charge in [-0.2, -0.15) is 5.10 Å². The van der Waals surface area contributed by atoms with Crippen LogP contribution in [0.4, 0.5) is 17.3 Å². The van der Waals surface area contributed by atoms with Gasteiger partial charge in [0.05, 0.1) is 17.2 Å². The first-order valence-electron chi connectivity index (χ1n) is 8.54. The minimum Gasteiger partial charge on any atom is -0.324 e. The van der Waals surface area contributed by atoms with Gasteiger partial charge in [0.1, 0.15) is 12.7 Å². The molecule has 10 heteroatoms. The molecule has 2 aromatic carbocycles. The lowest BCUT2D eigenvalue weighted by molar-refractivity contribution is -0.384. The molecule has 29 heavy (non-hydrogen) atoms. The molecule has 2 heterocycles. The summed E-state index contributed by atoms with van der Waals surface area (Å²) in [6, 6.07) is 13.5. The van der Waals surface area contributed by atoms with Gasteiger partial charge < -0.3 is 5.32 Å². The normalized spacial score (nSPS) is 10.7. The molecule has 0 atom stereocenters. The highest BCUT2D eigenvalue weighted by Crippen LogP contribution is 2.26. The Bertz CT molecular complexity index is 1160. The van der Waals surface area contributed by atoms with Crippen LogP contribution in [0.1, 0.15) is 5.56 Å². The van der Waals surface area contributed by atoms with Crippen LogP contribution in [0, 0.1) is 10.1 Å². The van der Waals surface area contributed by atoms with Crippen molar-refractivity contribution in [2.24, 2.45) is 0 Å². The zero-order valence-corrected chi connectivity index (χ0v) is 15.7. The third kappa shape index (κ3) is 4.36. The topological polar surface area (TPSA) is 112 Å². The fourth-order valence-corrected chi connectivity index (χ4v) is 2.93. The number of nitrogens with one attached hydrogen (secondary N) is 1. The van der Waals surface area contributed by atoms with E-state index in [0.717, 1.165) is 11.1 Å². The van der Waals surface area contributed by atoms with Crippen LogP contribution < -0.4 is 5.32 Å². The molecule has 144 valence electrons. The Morgan fingerprint density at radius 3 is 2.86 bits per heavy atom. The Morgan fingerprint density at radius 1 is 1.17 bits per heavy atom. The Hall–Kier alpha value is -3.85. The summed E-state index contributed by atoms with van der Waals surface area (Å²) in [6.45, 7) is 0.483. The van der Waals surface area contributed by atoms with Crippen molar-refractivity contribution in [3.8, 4) is 11.3 Å². The molecule has 0 aliphatic carbocycles. The van der Waals surface area contributed by atoms with Crippen LogP contribution >= 0.6 is 11.6 Å². The maximum Gasteiger partial charge on any atom is 0.271 e. The lowest BCUT2D eigenvalue weighted by Gasteiger charge is -2.09. The van der Waals surface area contributed by atoms with E-state index in [4.69, 9.17) is 11.6 Å². The number of nitro benzene ring substituents is 1. The second-order valence-corrected chi connectivity index (χ2v) is 6.50. The highest BCUT2D eigenvalue weighted by molar-refractivity contribution is 6.31. The van der Waals surface area contributed by atoms with Gasteiger partial charge in [-0.3, -0.25) is 10.1 Å². The number of rotatable bonds is 6. The minimum absolute atomic E-state index is 0.0124. The average Bonchev–Trinajstić information content (AvgIpc) is 3.23. The molecule has 0 fully saturated rings. The maximum absolute atomic E-state index is 10.9. The van der Waals surface area contributed by atoms with Crippen molar-refractivity contribution in [1.29, 1.82) is 0 Å². The second-order valence-electron chi connectivity index (χ2n) is 6.10. The number of hydrogen-bond donors (Lipinski definition) is 1. The zero-order valence-electron chi connectivity index (χ0n) is 14.9. The molecule has 0 aliphatic rings. The third-order valence-corrected chi connectivity index (χ3v) is 4.48. The van der Waals surface area contributed by atoms with Crippen molar-refractivity contribution in [3.05, 3.63) is 88.1 Å². The SMILES string of the molecule is O=[N+]([O-])c1cccc(Nc2nccc(-c3ccc(Cl)c(Cn4cncn4)c3)n2)c1. The number of nitro groups is 1. The van der Waals surface area contributed by atoms with Crippen molar-refractivity contribution in [1.82, 2.24) is 24.7 Å². The van der Waals surface area contributed by atoms with Gasteiger partial charge in [-0.1, -0.05) is 23.7 Å². The number of hydrogen-bond acceptors (Lipinski definition) is 7. The first kappa shape index (κ1) is 18.5. The molecule has 4 aromatic rings. The van der Waals surface area contributed by atoms with Crippen LogP contribution in [-0.4, -0.2) is 29.7 Å². The molecule has 2 aromatic heterocycles. The molecule has 0 bridgehead atoms. The molecule has 0 saturated heterocycles. The van der Waals surface area contributed by atoms with Crippen LogP contribution in [0.5, 0.6) is 0 Å². The largest absolute Gasteiger partial charge is 0.324 e. The summed E-state index contributed by atoms with van der Waals surface area (Å²) in [5.41, 5.74) is 2.93. The van der Waals surface area contributed by atoms with E-state index >= 15 is 0 Å². The Kier molecular flexibility index (Phi) is 5.12. The monoisotopic (exact) mass is 407 g/mol. The van der Waals surface area contributed by atoms with E-state index in [1.54, 1.807) is 41.5 Å². The molecular weight excluding hydrogens is 394 g/mol. The third-order valence-electron chi connectivity index (χ3n) is 4.11. The Balaban J connectivity index is 1.60. The predicted octanol–water partition coefficient (Wildman–Crippen LogP) is 4.09. The lowest BCUT2D eigenvalue weighted by Crippen LogP contribution is -2.02. The predicted molar refractivity (Wildman–Crippen MR) is 108 cm³/mol. The molecule has 0 spiro atoms. The minimum atomic E-state index is -0.452. The zero-order chi connectivity index (χ0) is 20.2. The maximum atomic E-state index is 10.9. The standard InChI is InChI=1S/C19H14ClN7O2/c20-17-5-4-13(8-14(17)10-26-12-21-11-23-26)18-6-7-22-19(25-18)24-15-2-1-3-16(9-15)27(28)29/h1-9,11-12H,10H2,(H,22,24,25). The van der Waals surface area contributed by atoms with Crippen LogP contribution in [0.2, 0.25) is 5.02 Å². The first-order valence-corrected chi connectivity index (χ1v) is 8.92. The number of non-ortho nitro benzene ring substituents is 1. The molecular formula is C19H14ClN7O2. The highest BCUT2D eigenvalue weighted by atomic mass is 35.5. The Labute approximate surface area is 170 Å². The van der Waals surface area contributed by atoms with E-state index in [0.29, 0.717) is 28.9 Å². The van der Waals surface area contributed by atoms with Crippen LogP contribution in [-0.2, 0) is 6.54 Å². The van der Waals surface area contributed by atoms with Crippen molar-refractivity contribution in [2.75, 3.05) is 5.32 Å². The molecule has 0 radical (unpaired) electrons. The molecule has 0 unspecified atom stereocenters. The van der Waals surface area contributed by atoms with Crippen molar-refractivity contribution in [2.45, 2.75) is 6.54 Å². The fourth-order valence-electron chi connectivity index (χ4n) is 2.75. The van der Waals surface area contributed by atoms with Crippen molar-refractivity contribution in [3.63, 3.8) is 0 Å². The number of benzene rings is 2. The number of aromatic nitrogens is 5. The summed E-state index contributed by atoms with van der Waals surface area (Å²) in [6.07, 6.45) is 4.70. The summed E-state index contributed by atoms with van der Waals surface area (Å²) in [7, 11) is 0. The molecule has 0 aliphatic heterocycles. The van der Waals surface area contributed by atoms with Crippen LogP contribution in [0.3, 0.4) is 0 Å². The number of nitrogens with zero attached hydrogens (tertiary/aromatic N) is 6. The second kappa shape index (κ2) is 8.03. The van der Waals surface area contributed by atoms with Gasteiger partial charge in [-0.25, -0.2) is 19.6 Å². The van der Waals surface area contributed by atoms with Gasteiger partial charge >= 0.3 is 0 Å². The summed E-state index contributed by atoms with van der Waals surface area (Å²) < 4.78 is 1.68. The van der Waals surface area contributed by atoms with Crippen molar-refractivity contribution < 1.29 is 4.92 Å². The molecule has 4 rings (SSSR count). The van der Waals surface area contributed by atoms with E-state index in [1.807, 2.05) is 12.1 Å². The van der Waals surface area contributed by atoms with E-state index in [-0.39, 0.29) is 5.69 Å². The summed E-state index contributed by atoms with van der Waals surface area (Å²) >= 11 is 6.32. The number of halogens is 1. The van der Waals surface area contributed by atoms with E-state index in [2.05, 4.69) is 25.4 Å². The van der Waals surface area contributed by atoms with Crippen LogP contribution in [0.25, 0.3) is 11.3 Å². The van der Waals surface area contributed by atoms with Crippen molar-refractivity contribution >= 4 is 28.9 Å². The van der Waals surface area contributed by atoms with Gasteiger partial charge in [-0.15, -0.1) is 0 Å². The fraction of sp³-hybridized carbons (Fsp3) is 0.0526. The first-order chi connectivity index (χ1) is 14.1. The lowest BCUT2D eigenvalue weighted by atomic mass is 10.1. The molecule has 0 saturated carbocycles. The van der Waals surface area contributed by atoms with E-state index in [9.17, 15) is 10.1 Å². The summed E-state index contributed by atoms with van der Waals surface area (Å²) in [4.78, 5) is 23.1. The highest BCUT2D eigenvalue weighted by Gasteiger charge is 2.09. The average molecular weight is 408 g/mol. The van der Waals surface area contributed by atoms with Gasteiger partial charge in [0.25, 0.3) is 5.69 Å². The molecule has 1 N–H and O–H groups in total.